The van der Waals surface area contributed by atoms with E-state index in [0.717, 1.165) is 23.6 Å². The van der Waals surface area contributed by atoms with Crippen molar-refractivity contribution in [3.63, 3.8) is 0 Å². The van der Waals surface area contributed by atoms with Crippen LogP contribution in [0.1, 0.15) is 36.4 Å². The van der Waals surface area contributed by atoms with E-state index in [0.29, 0.717) is 18.4 Å². The van der Waals surface area contributed by atoms with Crippen molar-refractivity contribution in [1.29, 1.82) is 0 Å². The lowest BCUT2D eigenvalue weighted by atomic mass is 9.75. The molecule has 28 heavy (non-hydrogen) atoms. The molecule has 3 unspecified atom stereocenters. The molecule has 0 aromatic heterocycles. The van der Waals surface area contributed by atoms with Gasteiger partial charge in [0, 0.05) is 11.5 Å². The molecule has 1 N–H and O–H groups in total. The number of hydrogen-bond donors (Lipinski definition) is 1. The third kappa shape index (κ3) is 2.57. The summed E-state index contributed by atoms with van der Waals surface area (Å²) in [6, 6.07) is 19.4. The van der Waals surface area contributed by atoms with Crippen molar-refractivity contribution in [3.05, 3.63) is 77.9 Å². The average molecular weight is 371 g/mol. The highest BCUT2D eigenvalue weighted by Gasteiger charge is 2.40. The van der Waals surface area contributed by atoms with E-state index in [9.17, 15) is 0 Å². The van der Waals surface area contributed by atoms with Crippen molar-refractivity contribution in [1.82, 2.24) is 0 Å². The Hall–Kier alpha value is -2.94. The topological polar surface area (TPSA) is 30.5 Å². The third-order valence-electron chi connectivity index (χ3n) is 6.12. The first-order valence-corrected chi connectivity index (χ1v) is 10.1. The second kappa shape index (κ2) is 6.90. The Balaban J connectivity index is 1.71. The number of ether oxygens (including phenoxy) is 2. The number of benzene rings is 3. The maximum absolute atomic E-state index is 5.96. The fraction of sp³-hybridized carbons (Fsp3) is 0.280. The van der Waals surface area contributed by atoms with E-state index in [2.05, 4.69) is 72.1 Å². The molecule has 0 saturated carbocycles. The predicted octanol–water partition coefficient (Wildman–Crippen LogP) is 6.07. The van der Waals surface area contributed by atoms with Crippen LogP contribution >= 0.6 is 0 Å². The molecular formula is C25H25NO2. The maximum atomic E-state index is 5.96. The summed E-state index contributed by atoms with van der Waals surface area (Å²) in [5.74, 6) is 2.73. The molecule has 0 fully saturated rings. The Labute approximate surface area is 166 Å². The Bertz CT molecular complexity index is 1060. The molecule has 3 aromatic carbocycles. The summed E-state index contributed by atoms with van der Waals surface area (Å²) in [5, 5.41) is 6.35. The summed E-state index contributed by atoms with van der Waals surface area (Å²) in [4.78, 5) is 0. The van der Waals surface area contributed by atoms with E-state index in [1.165, 1.54) is 21.9 Å². The maximum Gasteiger partial charge on any atom is 0.142 e. The van der Waals surface area contributed by atoms with Crippen LogP contribution in [0.5, 0.6) is 11.5 Å². The third-order valence-corrected chi connectivity index (χ3v) is 6.12. The Morgan fingerprint density at radius 1 is 1.00 bits per heavy atom. The summed E-state index contributed by atoms with van der Waals surface area (Å²) in [6.07, 6.45) is 5.75. The van der Waals surface area contributed by atoms with Crippen LogP contribution < -0.4 is 14.8 Å². The lowest BCUT2D eigenvalue weighted by Crippen LogP contribution is -2.30. The van der Waals surface area contributed by atoms with Crippen LogP contribution in [-0.4, -0.2) is 13.7 Å². The van der Waals surface area contributed by atoms with Crippen LogP contribution in [0.2, 0.25) is 0 Å². The largest absolute Gasteiger partial charge is 0.496 e. The minimum absolute atomic E-state index is 0.162. The van der Waals surface area contributed by atoms with E-state index < -0.39 is 0 Å². The Kier molecular flexibility index (Phi) is 4.23. The summed E-state index contributed by atoms with van der Waals surface area (Å²) in [5.41, 5.74) is 3.70. The monoisotopic (exact) mass is 371 g/mol. The van der Waals surface area contributed by atoms with Gasteiger partial charge in [0.05, 0.1) is 25.4 Å². The molecule has 5 rings (SSSR count). The Morgan fingerprint density at radius 3 is 2.75 bits per heavy atom. The van der Waals surface area contributed by atoms with Crippen LogP contribution in [0.3, 0.4) is 0 Å². The van der Waals surface area contributed by atoms with Gasteiger partial charge in [-0.15, -0.1) is 0 Å². The highest BCUT2D eigenvalue weighted by Crippen LogP contribution is 2.54. The van der Waals surface area contributed by atoms with Gasteiger partial charge in [0.25, 0.3) is 0 Å². The second-order valence-electron chi connectivity index (χ2n) is 7.53. The molecule has 142 valence electrons. The first kappa shape index (κ1) is 17.2. The van der Waals surface area contributed by atoms with Gasteiger partial charge in [-0.25, -0.2) is 0 Å². The van der Waals surface area contributed by atoms with Crippen molar-refractivity contribution in [3.8, 4) is 11.5 Å². The normalized spacial score (nSPS) is 22.4. The summed E-state index contributed by atoms with van der Waals surface area (Å²) >= 11 is 0. The zero-order chi connectivity index (χ0) is 19.1. The van der Waals surface area contributed by atoms with Crippen molar-refractivity contribution in [2.24, 2.45) is 5.92 Å². The number of hydrogen-bond acceptors (Lipinski definition) is 3. The van der Waals surface area contributed by atoms with Gasteiger partial charge >= 0.3 is 0 Å². The van der Waals surface area contributed by atoms with Crippen molar-refractivity contribution >= 4 is 16.5 Å². The molecule has 0 radical (unpaired) electrons. The molecule has 0 saturated heterocycles. The second-order valence-corrected chi connectivity index (χ2v) is 7.53. The smallest absolute Gasteiger partial charge is 0.142 e. The van der Waals surface area contributed by atoms with Gasteiger partial charge in [0.1, 0.15) is 11.5 Å². The minimum atomic E-state index is 0.162. The molecule has 3 nitrogen and oxygen atoms in total. The van der Waals surface area contributed by atoms with Crippen molar-refractivity contribution in [2.75, 3.05) is 19.0 Å². The molecule has 1 aliphatic heterocycles. The van der Waals surface area contributed by atoms with Crippen LogP contribution in [0.4, 0.5) is 5.69 Å². The van der Waals surface area contributed by atoms with Gasteiger partial charge in [-0.05, 0) is 47.7 Å². The SMILES string of the molecule is CCOc1cccc2c1NC(c1c(OC)ccc3ccccc13)C1CC=CC21. The number of methoxy groups -OCH3 is 1. The lowest BCUT2D eigenvalue weighted by molar-refractivity contribution is 0.336. The quantitative estimate of drug-likeness (QED) is 0.564. The van der Waals surface area contributed by atoms with Gasteiger partial charge in [-0.1, -0.05) is 54.6 Å². The van der Waals surface area contributed by atoms with Crippen molar-refractivity contribution < 1.29 is 9.47 Å². The van der Waals surface area contributed by atoms with Crippen LogP contribution in [0, 0.1) is 5.92 Å². The number of fused-ring (bicyclic) bond motifs is 4. The molecule has 3 heteroatoms. The van der Waals surface area contributed by atoms with Gasteiger partial charge in [-0.3, -0.25) is 0 Å². The highest BCUT2D eigenvalue weighted by atomic mass is 16.5. The molecular weight excluding hydrogens is 346 g/mol. The summed E-state index contributed by atoms with van der Waals surface area (Å²) < 4.78 is 11.8. The van der Waals surface area contributed by atoms with E-state index >= 15 is 0 Å². The predicted molar refractivity (Wildman–Crippen MR) is 114 cm³/mol. The van der Waals surface area contributed by atoms with Crippen LogP contribution in [0.15, 0.2) is 66.7 Å². The van der Waals surface area contributed by atoms with Crippen LogP contribution in [0.25, 0.3) is 10.8 Å². The molecule has 0 bridgehead atoms. The Morgan fingerprint density at radius 2 is 1.89 bits per heavy atom. The van der Waals surface area contributed by atoms with E-state index in [4.69, 9.17) is 9.47 Å². The standard InChI is InChI=1S/C25H25NO2/c1-3-28-22-13-7-12-19-18-10-6-11-20(18)25(26-24(19)22)23-17-9-5-4-8-16(17)14-15-21(23)27-2/h4-10,12-15,18,20,25-26H,3,11H2,1-2H3. The lowest BCUT2D eigenvalue weighted by Gasteiger charge is -2.39. The fourth-order valence-electron chi connectivity index (χ4n) is 4.93. The molecule has 0 amide bonds. The van der Waals surface area contributed by atoms with Gasteiger partial charge in [0.15, 0.2) is 0 Å². The number of para-hydroxylation sites is 1. The molecule has 1 heterocycles. The van der Waals surface area contributed by atoms with Crippen molar-refractivity contribution in [2.45, 2.75) is 25.3 Å². The number of anilines is 1. The first-order valence-electron chi connectivity index (χ1n) is 10.1. The zero-order valence-corrected chi connectivity index (χ0v) is 16.3. The van der Waals surface area contributed by atoms with Gasteiger partial charge in [-0.2, -0.15) is 0 Å². The van der Waals surface area contributed by atoms with E-state index in [1.807, 2.05) is 6.92 Å². The molecule has 3 aromatic rings. The molecule has 3 atom stereocenters. The number of nitrogens with one attached hydrogen (secondary N) is 1. The van der Waals surface area contributed by atoms with E-state index in [1.54, 1.807) is 7.11 Å². The molecule has 1 aliphatic carbocycles. The highest BCUT2D eigenvalue weighted by molar-refractivity contribution is 5.89. The first-order chi connectivity index (χ1) is 13.8. The fourth-order valence-corrected chi connectivity index (χ4v) is 4.93. The zero-order valence-electron chi connectivity index (χ0n) is 16.3. The van der Waals surface area contributed by atoms with Crippen LogP contribution in [-0.2, 0) is 0 Å². The van der Waals surface area contributed by atoms with E-state index in [-0.39, 0.29) is 6.04 Å². The molecule has 2 aliphatic rings. The number of allylic oxidation sites excluding steroid dienone is 2. The summed E-state index contributed by atoms with van der Waals surface area (Å²) in [6.45, 7) is 2.69. The number of rotatable bonds is 4. The summed E-state index contributed by atoms with van der Waals surface area (Å²) in [7, 11) is 1.76. The van der Waals surface area contributed by atoms with Gasteiger partial charge in [0.2, 0.25) is 0 Å². The average Bonchev–Trinajstić information content (AvgIpc) is 3.23. The molecule has 0 spiro atoms. The van der Waals surface area contributed by atoms with Gasteiger partial charge < -0.3 is 14.8 Å². The minimum Gasteiger partial charge on any atom is -0.496 e.